The number of phenolic OH excluding ortho intramolecular Hbond substituents is 1. The van der Waals surface area contributed by atoms with E-state index in [9.17, 15) is 19.5 Å². The van der Waals surface area contributed by atoms with Gasteiger partial charge in [-0.05, 0) is 81.0 Å². The van der Waals surface area contributed by atoms with E-state index in [0.717, 1.165) is 36.0 Å². The Kier molecular flexibility index (Phi) is 12.9. The highest BCUT2D eigenvalue weighted by Crippen LogP contribution is 2.30. The summed E-state index contributed by atoms with van der Waals surface area (Å²) in [5.41, 5.74) is 2.94. The van der Waals surface area contributed by atoms with Gasteiger partial charge >= 0.3 is 6.09 Å². The van der Waals surface area contributed by atoms with Crippen LogP contribution >= 0.6 is 11.6 Å². The van der Waals surface area contributed by atoms with Crippen LogP contribution in [0, 0.1) is 6.92 Å². The standard InChI is InChI=1S/C36H46ClN3O5/c1-7-9-10-22-40(34(43)30(38-35(44)45-36(4,5)6)23-26-16-20-28(41)21-17-26)32(27-18-14-25(8-2)15-19-27)33(42)39-31-24(3)12-11-13-29(31)37/h11-21,30,32,41H,7-10,22-23H2,1-6H3,(H,38,44)(H,39,42). The number of phenols is 1. The van der Waals surface area contributed by atoms with Crippen molar-refractivity contribution in [2.24, 2.45) is 0 Å². The summed E-state index contributed by atoms with van der Waals surface area (Å²) in [5.74, 6) is -0.758. The van der Waals surface area contributed by atoms with Gasteiger partial charge in [-0.3, -0.25) is 9.59 Å². The van der Waals surface area contributed by atoms with Crippen molar-refractivity contribution in [2.45, 2.75) is 91.3 Å². The summed E-state index contributed by atoms with van der Waals surface area (Å²) in [7, 11) is 0. The Morgan fingerprint density at radius 2 is 1.58 bits per heavy atom. The van der Waals surface area contributed by atoms with E-state index in [4.69, 9.17) is 16.3 Å². The molecule has 0 saturated heterocycles. The fraction of sp³-hybridized carbons (Fsp3) is 0.417. The number of hydrogen-bond donors (Lipinski definition) is 3. The molecule has 0 aliphatic rings. The Labute approximate surface area is 272 Å². The van der Waals surface area contributed by atoms with Crippen molar-refractivity contribution in [2.75, 3.05) is 11.9 Å². The molecular formula is C36H46ClN3O5. The molecule has 2 atom stereocenters. The summed E-state index contributed by atoms with van der Waals surface area (Å²) >= 11 is 6.50. The van der Waals surface area contributed by atoms with Crippen molar-refractivity contribution in [3.63, 3.8) is 0 Å². The van der Waals surface area contributed by atoms with E-state index in [2.05, 4.69) is 24.5 Å². The number of aromatic hydroxyl groups is 1. The maximum Gasteiger partial charge on any atom is 0.408 e. The van der Waals surface area contributed by atoms with Gasteiger partial charge in [0.15, 0.2) is 0 Å². The molecule has 45 heavy (non-hydrogen) atoms. The number of anilines is 1. The molecule has 0 saturated carbocycles. The number of unbranched alkanes of at least 4 members (excludes halogenated alkanes) is 2. The molecular weight excluding hydrogens is 590 g/mol. The number of nitrogens with one attached hydrogen (secondary N) is 2. The number of halogens is 1. The summed E-state index contributed by atoms with van der Waals surface area (Å²) < 4.78 is 5.52. The zero-order valence-electron chi connectivity index (χ0n) is 27.2. The molecule has 0 spiro atoms. The van der Waals surface area contributed by atoms with Gasteiger partial charge in [0, 0.05) is 13.0 Å². The van der Waals surface area contributed by atoms with E-state index in [-0.39, 0.29) is 18.7 Å². The first kappa shape index (κ1) is 35.4. The smallest absolute Gasteiger partial charge is 0.408 e. The summed E-state index contributed by atoms with van der Waals surface area (Å²) in [6.07, 6.45) is 2.61. The highest BCUT2D eigenvalue weighted by molar-refractivity contribution is 6.34. The number of carbonyl (C=O) groups is 3. The normalized spacial score (nSPS) is 12.6. The van der Waals surface area contributed by atoms with Gasteiger partial charge in [-0.2, -0.15) is 0 Å². The molecule has 3 aromatic carbocycles. The number of alkyl carbamates (subject to hydrolysis) is 1. The molecule has 0 radical (unpaired) electrons. The first-order valence-corrected chi connectivity index (χ1v) is 15.9. The minimum Gasteiger partial charge on any atom is -0.508 e. The highest BCUT2D eigenvalue weighted by atomic mass is 35.5. The van der Waals surface area contributed by atoms with Crippen molar-refractivity contribution < 1.29 is 24.2 Å². The summed E-state index contributed by atoms with van der Waals surface area (Å²) in [6.45, 7) is 11.5. The number of nitrogens with zero attached hydrogens (tertiary/aromatic N) is 1. The van der Waals surface area contributed by atoms with E-state index in [1.807, 2.05) is 43.3 Å². The van der Waals surface area contributed by atoms with Gasteiger partial charge in [-0.25, -0.2) is 4.79 Å². The lowest BCUT2D eigenvalue weighted by molar-refractivity contribution is -0.140. The third kappa shape index (κ3) is 10.5. The number of amides is 3. The maximum absolute atomic E-state index is 14.6. The third-order valence-corrected chi connectivity index (χ3v) is 7.70. The predicted octanol–water partition coefficient (Wildman–Crippen LogP) is 7.75. The molecule has 3 rings (SSSR count). The van der Waals surface area contributed by atoms with Crippen LogP contribution in [0.3, 0.4) is 0 Å². The third-order valence-electron chi connectivity index (χ3n) is 7.38. The number of ether oxygens (including phenoxy) is 1. The van der Waals surface area contributed by atoms with Gasteiger partial charge < -0.3 is 25.4 Å². The number of hydrogen-bond acceptors (Lipinski definition) is 5. The number of aryl methyl sites for hydroxylation is 2. The Morgan fingerprint density at radius 1 is 0.933 bits per heavy atom. The molecule has 3 aromatic rings. The van der Waals surface area contributed by atoms with E-state index in [1.54, 1.807) is 43.9 Å². The van der Waals surface area contributed by atoms with Crippen LogP contribution in [0.2, 0.25) is 5.02 Å². The van der Waals surface area contributed by atoms with Crippen LogP contribution in [-0.4, -0.2) is 46.1 Å². The Bertz CT molecular complexity index is 1410. The van der Waals surface area contributed by atoms with E-state index in [1.165, 1.54) is 12.1 Å². The molecule has 0 heterocycles. The number of para-hydroxylation sites is 1. The molecule has 0 aromatic heterocycles. The average Bonchev–Trinajstić information content (AvgIpc) is 2.98. The van der Waals surface area contributed by atoms with Gasteiger partial charge in [0.25, 0.3) is 5.91 Å². The SMILES string of the molecule is CCCCCN(C(=O)C(Cc1ccc(O)cc1)NC(=O)OC(C)(C)C)C(C(=O)Nc1c(C)cccc1Cl)c1ccc(CC)cc1. The van der Waals surface area contributed by atoms with Gasteiger partial charge in [-0.15, -0.1) is 0 Å². The molecule has 8 nitrogen and oxygen atoms in total. The van der Waals surface area contributed by atoms with Crippen LogP contribution in [0.5, 0.6) is 5.75 Å². The first-order chi connectivity index (χ1) is 21.3. The maximum atomic E-state index is 14.6. The van der Waals surface area contributed by atoms with E-state index >= 15 is 0 Å². The van der Waals surface area contributed by atoms with Crippen LogP contribution in [0.15, 0.2) is 66.7 Å². The molecule has 0 aliphatic heterocycles. The van der Waals surface area contributed by atoms with Crippen molar-refractivity contribution >= 4 is 35.2 Å². The largest absolute Gasteiger partial charge is 0.508 e. The predicted molar refractivity (Wildman–Crippen MR) is 180 cm³/mol. The summed E-state index contributed by atoms with van der Waals surface area (Å²) in [6, 6.07) is 17.4. The fourth-order valence-electron chi connectivity index (χ4n) is 5.01. The van der Waals surface area contributed by atoms with Crippen LogP contribution in [0.25, 0.3) is 0 Å². The molecule has 2 unspecified atom stereocenters. The number of rotatable bonds is 13. The average molecular weight is 636 g/mol. The van der Waals surface area contributed by atoms with Crippen LogP contribution in [-0.2, 0) is 27.2 Å². The van der Waals surface area contributed by atoms with Gasteiger partial charge in [0.1, 0.15) is 23.4 Å². The van der Waals surface area contributed by atoms with Gasteiger partial charge in [0.2, 0.25) is 5.91 Å². The topological polar surface area (TPSA) is 108 Å². The molecule has 242 valence electrons. The minimum atomic E-state index is -1.06. The highest BCUT2D eigenvalue weighted by Gasteiger charge is 2.36. The lowest BCUT2D eigenvalue weighted by Crippen LogP contribution is -2.53. The van der Waals surface area contributed by atoms with Crippen molar-refractivity contribution in [3.8, 4) is 5.75 Å². The molecule has 3 amide bonds. The number of carbonyl (C=O) groups excluding carboxylic acids is 3. The fourth-order valence-corrected chi connectivity index (χ4v) is 5.28. The molecule has 0 bridgehead atoms. The number of benzene rings is 3. The molecule has 9 heteroatoms. The van der Waals surface area contributed by atoms with Crippen molar-refractivity contribution in [1.82, 2.24) is 10.2 Å². The summed E-state index contributed by atoms with van der Waals surface area (Å²) in [5, 5.41) is 16.0. The quantitative estimate of drug-likeness (QED) is 0.166. The molecule has 0 fully saturated rings. The Hall–Kier alpha value is -4.04. The first-order valence-electron chi connectivity index (χ1n) is 15.6. The zero-order chi connectivity index (χ0) is 33.1. The van der Waals surface area contributed by atoms with E-state index in [0.29, 0.717) is 22.7 Å². The minimum absolute atomic E-state index is 0.0880. The van der Waals surface area contributed by atoms with Crippen LogP contribution in [0.4, 0.5) is 10.5 Å². The zero-order valence-corrected chi connectivity index (χ0v) is 27.9. The Balaban J connectivity index is 2.11. The van der Waals surface area contributed by atoms with E-state index < -0.39 is 35.6 Å². The van der Waals surface area contributed by atoms with Crippen LogP contribution in [0.1, 0.15) is 82.2 Å². The molecule has 3 N–H and O–H groups in total. The van der Waals surface area contributed by atoms with Gasteiger partial charge in [-0.1, -0.05) is 86.8 Å². The Morgan fingerprint density at radius 3 is 2.16 bits per heavy atom. The second kappa shape index (κ2) is 16.3. The lowest BCUT2D eigenvalue weighted by atomic mass is 9.98. The monoisotopic (exact) mass is 635 g/mol. The summed E-state index contributed by atoms with van der Waals surface area (Å²) in [4.78, 5) is 43.5. The second-order valence-corrected chi connectivity index (χ2v) is 12.6. The molecule has 0 aliphatic carbocycles. The second-order valence-electron chi connectivity index (χ2n) is 12.2. The van der Waals surface area contributed by atoms with Crippen molar-refractivity contribution in [1.29, 1.82) is 0 Å². The van der Waals surface area contributed by atoms with Crippen LogP contribution < -0.4 is 10.6 Å². The lowest BCUT2D eigenvalue weighted by Gasteiger charge is -2.35. The van der Waals surface area contributed by atoms with Crippen molar-refractivity contribution in [3.05, 3.63) is 94.0 Å². The van der Waals surface area contributed by atoms with Gasteiger partial charge in [0.05, 0.1) is 10.7 Å².